The summed E-state index contributed by atoms with van der Waals surface area (Å²) in [5, 5.41) is 2.70. The van der Waals surface area contributed by atoms with Gasteiger partial charge >= 0.3 is 6.61 Å². The molecule has 29 heavy (non-hydrogen) atoms. The standard InChI is InChI=1S/C20H23F2N3O4/c1-12-10-25(11-13(2)28-12)18-7-5-15(9-23-18)24-19(26)14-4-6-16(27-3)17(8-14)29-20(21)22/h4-9,12-13,20H,10-11H2,1-3H3,(H,24,26). The second-order valence-electron chi connectivity index (χ2n) is 6.77. The van der Waals surface area contributed by atoms with Crippen molar-refractivity contribution in [2.75, 3.05) is 30.4 Å². The average molecular weight is 407 g/mol. The number of ether oxygens (including phenoxy) is 3. The molecule has 2 atom stereocenters. The summed E-state index contributed by atoms with van der Waals surface area (Å²) in [5.41, 5.74) is 0.640. The predicted molar refractivity (Wildman–Crippen MR) is 104 cm³/mol. The van der Waals surface area contributed by atoms with Crippen LogP contribution in [0.25, 0.3) is 0 Å². The van der Waals surface area contributed by atoms with E-state index in [9.17, 15) is 13.6 Å². The largest absolute Gasteiger partial charge is 0.493 e. The number of pyridine rings is 1. The Labute approximate surface area is 167 Å². The van der Waals surface area contributed by atoms with E-state index in [0.717, 1.165) is 18.9 Å². The first-order chi connectivity index (χ1) is 13.9. The molecule has 7 nitrogen and oxygen atoms in total. The highest BCUT2D eigenvalue weighted by Crippen LogP contribution is 2.30. The smallest absolute Gasteiger partial charge is 0.387 e. The zero-order valence-corrected chi connectivity index (χ0v) is 16.4. The van der Waals surface area contributed by atoms with Crippen LogP contribution in [-0.4, -0.2) is 49.9 Å². The van der Waals surface area contributed by atoms with E-state index >= 15 is 0 Å². The number of nitrogens with zero attached hydrogens (tertiary/aromatic N) is 2. The van der Waals surface area contributed by atoms with Gasteiger partial charge in [0.25, 0.3) is 5.91 Å². The lowest BCUT2D eigenvalue weighted by Crippen LogP contribution is -2.45. The molecular formula is C20H23F2N3O4. The van der Waals surface area contributed by atoms with Crippen LogP contribution in [0.1, 0.15) is 24.2 Å². The molecule has 1 amide bonds. The molecule has 2 unspecified atom stereocenters. The van der Waals surface area contributed by atoms with Crippen molar-refractivity contribution in [2.45, 2.75) is 32.7 Å². The third-order valence-electron chi connectivity index (χ3n) is 4.39. The molecule has 1 saturated heterocycles. The van der Waals surface area contributed by atoms with Crippen molar-refractivity contribution < 1.29 is 27.8 Å². The third-order valence-corrected chi connectivity index (χ3v) is 4.39. The van der Waals surface area contributed by atoms with Gasteiger partial charge in [0.2, 0.25) is 0 Å². The van der Waals surface area contributed by atoms with Crippen LogP contribution in [0.4, 0.5) is 20.3 Å². The predicted octanol–water partition coefficient (Wildman–Crippen LogP) is 3.56. The normalized spacial score (nSPS) is 19.2. The van der Waals surface area contributed by atoms with Gasteiger partial charge in [0.05, 0.1) is 31.2 Å². The number of carbonyl (C=O) groups excluding carboxylic acids is 1. The molecule has 1 N–H and O–H groups in total. The van der Waals surface area contributed by atoms with Crippen LogP contribution in [0, 0.1) is 0 Å². The molecule has 3 rings (SSSR count). The quantitative estimate of drug-likeness (QED) is 0.790. The van der Waals surface area contributed by atoms with Gasteiger partial charge in [-0.2, -0.15) is 8.78 Å². The molecule has 1 fully saturated rings. The Bertz CT molecular complexity index is 838. The summed E-state index contributed by atoms with van der Waals surface area (Å²) in [5.74, 6) is 0.220. The average Bonchev–Trinajstić information content (AvgIpc) is 2.67. The van der Waals surface area contributed by atoms with Gasteiger partial charge in [-0.05, 0) is 44.2 Å². The summed E-state index contributed by atoms with van der Waals surface area (Å²) in [6.07, 6.45) is 1.78. The van der Waals surface area contributed by atoms with E-state index in [1.54, 1.807) is 12.3 Å². The molecule has 2 heterocycles. The Balaban J connectivity index is 1.69. The van der Waals surface area contributed by atoms with Crippen molar-refractivity contribution in [3.05, 3.63) is 42.1 Å². The zero-order chi connectivity index (χ0) is 21.0. The van der Waals surface area contributed by atoms with Gasteiger partial charge in [0.15, 0.2) is 11.5 Å². The minimum absolute atomic E-state index is 0.111. The summed E-state index contributed by atoms with van der Waals surface area (Å²) >= 11 is 0. The van der Waals surface area contributed by atoms with Gasteiger partial charge in [-0.15, -0.1) is 0 Å². The number of hydrogen-bond donors (Lipinski definition) is 1. The van der Waals surface area contributed by atoms with E-state index in [-0.39, 0.29) is 29.3 Å². The summed E-state index contributed by atoms with van der Waals surface area (Å²) in [6.45, 7) is 2.48. The molecule has 0 saturated carbocycles. The highest BCUT2D eigenvalue weighted by Gasteiger charge is 2.23. The van der Waals surface area contributed by atoms with E-state index in [1.807, 2.05) is 19.9 Å². The topological polar surface area (TPSA) is 72.9 Å². The number of halogens is 2. The first-order valence-electron chi connectivity index (χ1n) is 9.16. The van der Waals surface area contributed by atoms with Gasteiger partial charge in [-0.25, -0.2) is 4.98 Å². The Kier molecular flexibility index (Phi) is 6.48. The fourth-order valence-electron chi connectivity index (χ4n) is 3.22. The Morgan fingerprint density at radius 3 is 2.52 bits per heavy atom. The van der Waals surface area contributed by atoms with Gasteiger partial charge in [0.1, 0.15) is 5.82 Å². The maximum absolute atomic E-state index is 12.6. The molecule has 0 bridgehead atoms. The lowest BCUT2D eigenvalue weighted by molar-refractivity contribution is -0.0512. The van der Waals surface area contributed by atoms with Crippen LogP contribution < -0.4 is 19.7 Å². The second-order valence-corrected chi connectivity index (χ2v) is 6.77. The first-order valence-corrected chi connectivity index (χ1v) is 9.16. The maximum atomic E-state index is 12.6. The molecule has 0 aliphatic carbocycles. The number of alkyl halides is 2. The molecule has 156 valence electrons. The van der Waals surface area contributed by atoms with E-state index in [4.69, 9.17) is 9.47 Å². The number of carbonyl (C=O) groups is 1. The number of nitrogens with one attached hydrogen (secondary N) is 1. The Morgan fingerprint density at radius 1 is 1.21 bits per heavy atom. The molecule has 2 aromatic rings. The first kappa shape index (κ1) is 20.8. The third kappa shape index (κ3) is 5.32. The minimum atomic E-state index is -3.02. The molecule has 0 radical (unpaired) electrons. The van der Waals surface area contributed by atoms with Crippen molar-refractivity contribution in [1.82, 2.24) is 4.98 Å². The minimum Gasteiger partial charge on any atom is -0.493 e. The fraction of sp³-hybridized carbons (Fsp3) is 0.400. The summed E-state index contributed by atoms with van der Waals surface area (Å²) < 4.78 is 40.2. The van der Waals surface area contributed by atoms with Crippen LogP contribution in [0.2, 0.25) is 0 Å². The number of rotatable bonds is 6. The lowest BCUT2D eigenvalue weighted by Gasteiger charge is -2.36. The molecule has 1 aliphatic rings. The molecule has 1 aromatic heterocycles. The number of amides is 1. The number of aromatic nitrogens is 1. The highest BCUT2D eigenvalue weighted by atomic mass is 19.3. The van der Waals surface area contributed by atoms with E-state index in [1.165, 1.54) is 25.3 Å². The summed E-state index contributed by atoms with van der Waals surface area (Å²) in [4.78, 5) is 19.0. The van der Waals surface area contributed by atoms with Gasteiger partial charge in [-0.3, -0.25) is 4.79 Å². The molecular weight excluding hydrogens is 384 g/mol. The number of anilines is 2. The van der Waals surface area contributed by atoms with Crippen molar-refractivity contribution in [2.24, 2.45) is 0 Å². The molecule has 1 aliphatic heterocycles. The number of morpholine rings is 1. The fourth-order valence-corrected chi connectivity index (χ4v) is 3.22. The van der Waals surface area contributed by atoms with E-state index in [2.05, 4.69) is 19.9 Å². The zero-order valence-electron chi connectivity index (χ0n) is 16.4. The maximum Gasteiger partial charge on any atom is 0.387 e. The molecule has 9 heteroatoms. The Morgan fingerprint density at radius 2 is 1.93 bits per heavy atom. The molecule has 0 spiro atoms. The van der Waals surface area contributed by atoms with Crippen LogP contribution in [0.5, 0.6) is 11.5 Å². The highest BCUT2D eigenvalue weighted by molar-refractivity contribution is 6.04. The molecule has 1 aromatic carbocycles. The van der Waals surface area contributed by atoms with Crippen molar-refractivity contribution in [1.29, 1.82) is 0 Å². The number of benzene rings is 1. The SMILES string of the molecule is COc1ccc(C(=O)Nc2ccc(N3CC(C)OC(C)C3)nc2)cc1OC(F)F. The van der Waals surface area contributed by atoms with Crippen molar-refractivity contribution in [3.63, 3.8) is 0 Å². The van der Waals surface area contributed by atoms with Crippen LogP contribution in [0.3, 0.4) is 0 Å². The lowest BCUT2D eigenvalue weighted by atomic mass is 10.2. The van der Waals surface area contributed by atoms with Crippen LogP contribution in [0.15, 0.2) is 36.5 Å². The summed E-state index contributed by atoms with van der Waals surface area (Å²) in [6, 6.07) is 7.63. The van der Waals surface area contributed by atoms with Crippen molar-refractivity contribution >= 4 is 17.4 Å². The van der Waals surface area contributed by atoms with Gasteiger partial charge in [0, 0.05) is 18.7 Å². The van der Waals surface area contributed by atoms with E-state index < -0.39 is 12.5 Å². The second kappa shape index (κ2) is 9.04. The number of methoxy groups -OCH3 is 1. The van der Waals surface area contributed by atoms with Crippen molar-refractivity contribution in [3.8, 4) is 11.5 Å². The van der Waals surface area contributed by atoms with Crippen LogP contribution >= 0.6 is 0 Å². The Hall–Kier alpha value is -2.94. The number of hydrogen-bond acceptors (Lipinski definition) is 6. The van der Waals surface area contributed by atoms with Crippen LogP contribution in [-0.2, 0) is 4.74 Å². The van der Waals surface area contributed by atoms with Gasteiger partial charge in [-0.1, -0.05) is 0 Å². The van der Waals surface area contributed by atoms with Gasteiger partial charge < -0.3 is 24.4 Å². The monoisotopic (exact) mass is 407 g/mol. The summed E-state index contributed by atoms with van der Waals surface area (Å²) in [7, 11) is 1.33. The van der Waals surface area contributed by atoms with E-state index in [0.29, 0.717) is 5.69 Å².